The van der Waals surface area contributed by atoms with Gasteiger partial charge in [0.2, 0.25) is 0 Å². The van der Waals surface area contributed by atoms with Crippen LogP contribution in [-0.2, 0) is 4.84 Å². The summed E-state index contributed by atoms with van der Waals surface area (Å²) in [5.41, 5.74) is 0.577. The summed E-state index contributed by atoms with van der Waals surface area (Å²) < 4.78 is 18.6. The van der Waals surface area contributed by atoms with Crippen LogP contribution in [0.2, 0.25) is 0 Å². The first-order chi connectivity index (χ1) is 6.33. The number of nitrogens with two attached hydrogens (primary N) is 1. The van der Waals surface area contributed by atoms with Crippen molar-refractivity contribution in [2.45, 2.75) is 5.92 Å². The van der Waals surface area contributed by atoms with Crippen LogP contribution >= 0.6 is 0 Å². The van der Waals surface area contributed by atoms with Crippen molar-refractivity contribution in [2.24, 2.45) is 5.90 Å². The zero-order chi connectivity index (χ0) is 9.26. The van der Waals surface area contributed by atoms with Gasteiger partial charge in [0, 0.05) is 5.56 Å². The summed E-state index contributed by atoms with van der Waals surface area (Å²) in [7, 11) is 0. The molecule has 2 rings (SSSR count). The van der Waals surface area contributed by atoms with Gasteiger partial charge in [0.1, 0.15) is 11.6 Å². The molecule has 0 saturated carbocycles. The molecular weight excluding hydrogens is 173 g/mol. The summed E-state index contributed by atoms with van der Waals surface area (Å²) in [6.45, 7) is 0.724. The lowest BCUT2D eigenvalue weighted by atomic mass is 10.0. The van der Waals surface area contributed by atoms with Crippen LogP contribution in [0.15, 0.2) is 18.2 Å². The Labute approximate surface area is 75.2 Å². The second-order valence-corrected chi connectivity index (χ2v) is 2.99. The highest BCUT2D eigenvalue weighted by Crippen LogP contribution is 2.35. The quantitative estimate of drug-likeness (QED) is 0.700. The summed E-state index contributed by atoms with van der Waals surface area (Å²) in [6.07, 6.45) is 0. The van der Waals surface area contributed by atoms with E-state index in [4.69, 9.17) is 10.6 Å². The molecule has 0 aliphatic carbocycles. The first kappa shape index (κ1) is 8.47. The standard InChI is InChI=1S/C9H10FNO2/c10-7-2-1-3-8-9(7)6(4-12-8)5-13-11/h1-3,6H,4-5,11H2. The van der Waals surface area contributed by atoms with Crippen LogP contribution in [0.25, 0.3) is 0 Å². The topological polar surface area (TPSA) is 44.5 Å². The number of hydrogen-bond acceptors (Lipinski definition) is 3. The first-order valence-electron chi connectivity index (χ1n) is 4.06. The van der Waals surface area contributed by atoms with Crippen molar-refractivity contribution in [1.82, 2.24) is 0 Å². The summed E-state index contributed by atoms with van der Waals surface area (Å²) in [5.74, 6) is 5.20. The van der Waals surface area contributed by atoms with Gasteiger partial charge >= 0.3 is 0 Å². The van der Waals surface area contributed by atoms with Crippen molar-refractivity contribution in [3.8, 4) is 5.75 Å². The molecule has 1 unspecified atom stereocenters. The number of benzene rings is 1. The van der Waals surface area contributed by atoms with E-state index in [2.05, 4.69) is 4.84 Å². The van der Waals surface area contributed by atoms with Gasteiger partial charge in [-0.1, -0.05) is 6.07 Å². The van der Waals surface area contributed by atoms with E-state index in [1.165, 1.54) is 6.07 Å². The molecule has 0 amide bonds. The Morgan fingerprint density at radius 1 is 1.62 bits per heavy atom. The van der Waals surface area contributed by atoms with Crippen LogP contribution in [0.5, 0.6) is 5.75 Å². The van der Waals surface area contributed by atoms with Gasteiger partial charge in [0.05, 0.1) is 19.1 Å². The molecule has 2 N–H and O–H groups in total. The van der Waals surface area contributed by atoms with Crippen molar-refractivity contribution in [1.29, 1.82) is 0 Å². The fourth-order valence-electron chi connectivity index (χ4n) is 1.56. The number of ether oxygens (including phenoxy) is 1. The van der Waals surface area contributed by atoms with Gasteiger partial charge in [0.15, 0.2) is 0 Å². The van der Waals surface area contributed by atoms with E-state index in [-0.39, 0.29) is 18.3 Å². The Kier molecular flexibility index (Phi) is 2.16. The molecule has 70 valence electrons. The van der Waals surface area contributed by atoms with E-state index >= 15 is 0 Å². The van der Waals surface area contributed by atoms with Crippen molar-refractivity contribution < 1.29 is 14.0 Å². The number of fused-ring (bicyclic) bond motifs is 1. The lowest BCUT2D eigenvalue weighted by molar-refractivity contribution is 0.114. The Morgan fingerprint density at radius 3 is 3.23 bits per heavy atom. The van der Waals surface area contributed by atoms with Crippen molar-refractivity contribution in [3.05, 3.63) is 29.6 Å². The largest absolute Gasteiger partial charge is 0.492 e. The summed E-state index contributed by atoms with van der Waals surface area (Å²) in [5, 5.41) is 0. The van der Waals surface area contributed by atoms with E-state index in [1.54, 1.807) is 12.1 Å². The van der Waals surface area contributed by atoms with Crippen LogP contribution in [0.4, 0.5) is 4.39 Å². The Balaban J connectivity index is 2.34. The Bertz CT molecular complexity index is 314. The van der Waals surface area contributed by atoms with Gasteiger partial charge in [-0.3, -0.25) is 0 Å². The molecule has 4 heteroatoms. The van der Waals surface area contributed by atoms with E-state index < -0.39 is 0 Å². The molecule has 0 saturated heterocycles. The first-order valence-corrected chi connectivity index (χ1v) is 4.06. The summed E-state index contributed by atoms with van der Waals surface area (Å²) in [6, 6.07) is 4.78. The third-order valence-corrected chi connectivity index (χ3v) is 2.16. The predicted molar refractivity (Wildman–Crippen MR) is 44.8 cm³/mol. The molecule has 3 nitrogen and oxygen atoms in total. The van der Waals surface area contributed by atoms with Gasteiger partial charge in [0.25, 0.3) is 0 Å². The Hall–Kier alpha value is -1.13. The van der Waals surface area contributed by atoms with Gasteiger partial charge < -0.3 is 9.57 Å². The smallest absolute Gasteiger partial charge is 0.130 e. The lowest BCUT2D eigenvalue weighted by Crippen LogP contribution is -2.13. The van der Waals surface area contributed by atoms with Gasteiger partial charge in [-0.2, -0.15) is 0 Å². The molecule has 0 aromatic heterocycles. The average Bonchev–Trinajstić information content (AvgIpc) is 2.51. The van der Waals surface area contributed by atoms with Gasteiger partial charge in [-0.25, -0.2) is 10.3 Å². The van der Waals surface area contributed by atoms with Crippen LogP contribution in [0.3, 0.4) is 0 Å². The number of hydrogen-bond donors (Lipinski definition) is 1. The molecular formula is C9H10FNO2. The molecule has 1 aliphatic heterocycles. The third-order valence-electron chi connectivity index (χ3n) is 2.16. The molecule has 1 heterocycles. The highest BCUT2D eigenvalue weighted by Gasteiger charge is 2.27. The van der Waals surface area contributed by atoms with E-state index in [1.807, 2.05) is 0 Å². The van der Waals surface area contributed by atoms with E-state index in [0.29, 0.717) is 17.9 Å². The molecule has 1 aliphatic rings. The van der Waals surface area contributed by atoms with E-state index in [9.17, 15) is 4.39 Å². The molecule has 0 bridgehead atoms. The highest BCUT2D eigenvalue weighted by molar-refractivity contribution is 5.40. The van der Waals surface area contributed by atoms with Crippen LogP contribution in [-0.4, -0.2) is 13.2 Å². The molecule has 0 spiro atoms. The van der Waals surface area contributed by atoms with E-state index in [0.717, 1.165) is 0 Å². The third kappa shape index (κ3) is 1.38. The molecule has 0 radical (unpaired) electrons. The molecule has 1 aromatic carbocycles. The second kappa shape index (κ2) is 3.32. The maximum Gasteiger partial charge on any atom is 0.130 e. The molecule has 0 fully saturated rings. The fourth-order valence-corrected chi connectivity index (χ4v) is 1.56. The maximum atomic E-state index is 13.3. The zero-order valence-electron chi connectivity index (χ0n) is 7.00. The van der Waals surface area contributed by atoms with Crippen molar-refractivity contribution >= 4 is 0 Å². The highest BCUT2D eigenvalue weighted by atomic mass is 19.1. The predicted octanol–water partition coefficient (Wildman–Crippen LogP) is 1.19. The fraction of sp³-hybridized carbons (Fsp3) is 0.333. The second-order valence-electron chi connectivity index (χ2n) is 2.99. The Morgan fingerprint density at radius 2 is 2.46 bits per heavy atom. The van der Waals surface area contributed by atoms with Crippen LogP contribution in [0.1, 0.15) is 11.5 Å². The average molecular weight is 183 g/mol. The van der Waals surface area contributed by atoms with Crippen molar-refractivity contribution in [2.75, 3.05) is 13.2 Å². The van der Waals surface area contributed by atoms with Crippen LogP contribution < -0.4 is 10.6 Å². The monoisotopic (exact) mass is 183 g/mol. The summed E-state index contributed by atoms with van der Waals surface area (Å²) in [4.78, 5) is 4.49. The minimum atomic E-state index is -0.253. The lowest BCUT2D eigenvalue weighted by Gasteiger charge is -2.06. The molecule has 1 atom stereocenters. The SMILES string of the molecule is NOCC1COc2cccc(F)c21. The zero-order valence-corrected chi connectivity index (χ0v) is 7.00. The van der Waals surface area contributed by atoms with Crippen LogP contribution in [0, 0.1) is 5.82 Å². The minimum Gasteiger partial charge on any atom is -0.492 e. The number of rotatable bonds is 2. The van der Waals surface area contributed by atoms with Gasteiger partial charge in [-0.15, -0.1) is 0 Å². The maximum absolute atomic E-state index is 13.3. The van der Waals surface area contributed by atoms with Gasteiger partial charge in [-0.05, 0) is 12.1 Å². The molecule has 1 aromatic rings. The normalized spacial score (nSPS) is 19.7. The van der Waals surface area contributed by atoms with Crippen molar-refractivity contribution in [3.63, 3.8) is 0 Å². The molecule has 13 heavy (non-hydrogen) atoms. The summed E-state index contributed by atoms with van der Waals surface area (Å²) >= 11 is 0. The minimum absolute atomic E-state index is 0.0822. The number of halogens is 1.